The Morgan fingerprint density at radius 2 is 1.19 bits per heavy atom. The monoisotopic (exact) mass is 660 g/mol. The topological polar surface area (TPSA) is 228 Å². The number of halogens is 1. The van der Waals surface area contributed by atoms with Crippen LogP contribution in [0.15, 0.2) is 37.6 Å². The summed E-state index contributed by atoms with van der Waals surface area (Å²) in [6.07, 6.45) is 14.2. The number of nitrogens with two attached hydrogens (primary N) is 1. The van der Waals surface area contributed by atoms with Gasteiger partial charge in [-0.25, -0.2) is 29.9 Å². The Morgan fingerprint density at radius 1 is 0.745 bits per heavy atom. The standard InChI is InChI=1S/C12H19BN6O.C11H16N6.C5H3ClN4/c1-13(20)16-6-9-2-4-19(5-3-9)12-10-7-17-18-11(10)14-8-15-12;12-5-8-1-3-17(4-2-8)11-9-6-15-16-10(9)13-7-14-11;6-4-3-1-9-10-5(3)8-2-7-4/h7-9,16,20H,2-6H2,1H3,(H,14,15,17,18);6-8H,1-5,12H2,(H,13,14,15,16);1-2H,(H,7,8,9,10). The summed E-state index contributed by atoms with van der Waals surface area (Å²) in [4.78, 5) is 29.3. The van der Waals surface area contributed by atoms with Crippen LogP contribution in [-0.4, -0.2) is 112 Å². The summed E-state index contributed by atoms with van der Waals surface area (Å²) in [6, 6.07) is 0. The van der Waals surface area contributed by atoms with Crippen LogP contribution in [0.1, 0.15) is 25.7 Å². The van der Waals surface area contributed by atoms with Crippen LogP contribution >= 0.6 is 11.6 Å². The van der Waals surface area contributed by atoms with Crippen LogP contribution in [-0.2, 0) is 0 Å². The van der Waals surface area contributed by atoms with E-state index in [1.165, 1.54) is 6.33 Å². The van der Waals surface area contributed by atoms with E-state index in [4.69, 9.17) is 17.3 Å². The van der Waals surface area contributed by atoms with E-state index < -0.39 is 7.05 Å². The van der Waals surface area contributed by atoms with Crippen LogP contribution in [0.3, 0.4) is 0 Å². The second-order valence-corrected chi connectivity index (χ2v) is 12.0. The minimum Gasteiger partial charge on any atom is -0.437 e. The number of nitrogens with zero attached hydrogens (tertiary/aromatic N) is 11. The van der Waals surface area contributed by atoms with Crippen LogP contribution in [0.2, 0.25) is 12.0 Å². The molecule has 2 fully saturated rings. The van der Waals surface area contributed by atoms with Crippen LogP contribution in [0.5, 0.6) is 0 Å². The highest BCUT2D eigenvalue weighted by Crippen LogP contribution is 2.27. The molecule has 2 aliphatic rings. The van der Waals surface area contributed by atoms with Gasteiger partial charge in [-0.15, -0.1) is 0 Å². The normalized spacial score (nSPS) is 15.8. The fraction of sp³-hybridized carbons (Fsp3) is 0.464. The summed E-state index contributed by atoms with van der Waals surface area (Å²) in [6.45, 7) is 7.39. The number of hydrogen-bond acceptors (Lipinski definition) is 14. The molecular formula is C28H38BClN16O. The summed E-state index contributed by atoms with van der Waals surface area (Å²) in [5.74, 6) is 3.22. The zero-order chi connectivity index (χ0) is 32.6. The molecule has 17 nitrogen and oxygen atoms in total. The van der Waals surface area contributed by atoms with E-state index in [0.717, 1.165) is 104 Å². The largest absolute Gasteiger partial charge is 0.437 e. The molecule has 8 rings (SSSR count). The van der Waals surface area contributed by atoms with Crippen molar-refractivity contribution >= 4 is 63.4 Å². The molecule has 8 heterocycles. The van der Waals surface area contributed by atoms with Crippen molar-refractivity contribution < 1.29 is 5.02 Å². The summed E-state index contributed by atoms with van der Waals surface area (Å²) in [5, 5.41) is 35.7. The Balaban J connectivity index is 0.000000130. The molecular weight excluding hydrogens is 623 g/mol. The lowest BCUT2D eigenvalue weighted by Crippen LogP contribution is -2.41. The Labute approximate surface area is 275 Å². The third kappa shape index (κ3) is 7.90. The molecule has 0 amide bonds. The molecule has 0 radical (unpaired) electrons. The van der Waals surface area contributed by atoms with E-state index >= 15 is 0 Å². The zero-order valence-electron chi connectivity index (χ0n) is 26.1. The van der Waals surface area contributed by atoms with Crippen LogP contribution < -0.4 is 20.8 Å². The van der Waals surface area contributed by atoms with Gasteiger partial charge in [0.05, 0.1) is 34.7 Å². The van der Waals surface area contributed by atoms with Crippen LogP contribution in [0.25, 0.3) is 33.1 Å². The number of nitrogens with one attached hydrogen (secondary N) is 4. The van der Waals surface area contributed by atoms with E-state index in [2.05, 4.69) is 75.5 Å². The van der Waals surface area contributed by atoms with Crippen molar-refractivity contribution in [1.29, 1.82) is 0 Å². The number of aromatic nitrogens is 12. The lowest BCUT2D eigenvalue weighted by atomic mass is 9.86. The smallest absolute Gasteiger partial charge is 0.373 e. The predicted octanol–water partition coefficient (Wildman–Crippen LogP) is 1.80. The molecule has 0 atom stereocenters. The van der Waals surface area contributed by atoms with Gasteiger partial charge in [0.25, 0.3) is 0 Å². The highest BCUT2D eigenvalue weighted by Gasteiger charge is 2.23. The van der Waals surface area contributed by atoms with Crippen LogP contribution in [0, 0.1) is 11.8 Å². The highest BCUT2D eigenvalue weighted by molar-refractivity contribution is 6.45. The third-order valence-corrected chi connectivity index (χ3v) is 8.82. The first-order chi connectivity index (χ1) is 23.0. The summed E-state index contributed by atoms with van der Waals surface area (Å²) >= 11 is 5.69. The van der Waals surface area contributed by atoms with Gasteiger partial charge in [0.15, 0.2) is 16.9 Å². The van der Waals surface area contributed by atoms with Gasteiger partial charge in [-0.1, -0.05) is 11.6 Å². The second kappa shape index (κ2) is 15.4. The molecule has 7 N–H and O–H groups in total. The quantitative estimate of drug-likeness (QED) is 0.111. The summed E-state index contributed by atoms with van der Waals surface area (Å²) in [5.41, 5.74) is 7.96. The number of fused-ring (bicyclic) bond motifs is 3. The number of rotatable bonds is 6. The molecule has 19 heteroatoms. The zero-order valence-corrected chi connectivity index (χ0v) is 26.8. The maximum absolute atomic E-state index is 9.26. The minimum absolute atomic E-state index is 0.429. The molecule has 0 saturated carbocycles. The van der Waals surface area contributed by atoms with Crippen molar-refractivity contribution in [3.8, 4) is 0 Å². The van der Waals surface area contributed by atoms with Crippen molar-refractivity contribution in [2.24, 2.45) is 17.6 Å². The molecule has 246 valence electrons. The van der Waals surface area contributed by atoms with Gasteiger partial charge in [-0.3, -0.25) is 15.3 Å². The number of piperidine rings is 2. The van der Waals surface area contributed by atoms with Crippen LogP contribution in [0.4, 0.5) is 11.6 Å². The molecule has 47 heavy (non-hydrogen) atoms. The SMILES string of the molecule is CB(O)NCC1CCN(c2ncnc3[nH]ncc23)CC1.Clc1ncnc2[nH]ncc12.NCC1CCN(c2ncnc3[nH]ncc23)CC1. The first kappa shape index (κ1) is 32.4. The second-order valence-electron chi connectivity index (χ2n) is 11.6. The average molecular weight is 661 g/mol. The number of aromatic amines is 3. The Bertz CT molecular complexity index is 1850. The van der Waals surface area contributed by atoms with Gasteiger partial charge in [0.1, 0.15) is 35.8 Å². The molecule has 0 aromatic carbocycles. The Hall–Kier alpha value is -4.52. The first-order valence-corrected chi connectivity index (χ1v) is 16.1. The third-order valence-electron chi connectivity index (χ3n) is 8.52. The van der Waals surface area contributed by atoms with Crippen molar-refractivity contribution in [2.75, 3.05) is 49.1 Å². The van der Waals surface area contributed by atoms with E-state index in [9.17, 15) is 5.02 Å². The van der Waals surface area contributed by atoms with Gasteiger partial charge >= 0.3 is 7.05 Å². The maximum Gasteiger partial charge on any atom is 0.373 e. The Morgan fingerprint density at radius 3 is 1.66 bits per heavy atom. The van der Waals surface area contributed by atoms with Gasteiger partial charge in [0, 0.05) is 26.2 Å². The van der Waals surface area contributed by atoms with Gasteiger partial charge in [0.2, 0.25) is 0 Å². The number of anilines is 2. The highest BCUT2D eigenvalue weighted by atomic mass is 35.5. The summed E-state index contributed by atoms with van der Waals surface area (Å²) < 4.78 is 0. The fourth-order valence-corrected chi connectivity index (χ4v) is 5.99. The van der Waals surface area contributed by atoms with Crippen molar-refractivity contribution in [1.82, 2.24) is 65.7 Å². The van der Waals surface area contributed by atoms with Crippen molar-refractivity contribution in [2.45, 2.75) is 32.5 Å². The molecule has 2 saturated heterocycles. The van der Waals surface area contributed by atoms with E-state index in [0.29, 0.717) is 22.6 Å². The molecule has 6 aromatic rings. The first-order valence-electron chi connectivity index (χ1n) is 15.7. The van der Waals surface area contributed by atoms with Crippen molar-refractivity contribution in [3.05, 3.63) is 42.7 Å². The minimum atomic E-state index is -0.430. The average Bonchev–Trinajstić information content (AvgIpc) is 3.90. The Kier molecular flexibility index (Phi) is 10.6. The van der Waals surface area contributed by atoms with E-state index in [-0.39, 0.29) is 0 Å². The molecule has 0 unspecified atom stereocenters. The fourth-order valence-electron chi connectivity index (χ4n) is 5.81. The van der Waals surface area contributed by atoms with Gasteiger partial charge < -0.3 is 25.8 Å². The van der Waals surface area contributed by atoms with Gasteiger partial charge in [-0.2, -0.15) is 15.3 Å². The molecule has 0 aliphatic carbocycles. The predicted molar refractivity (Wildman–Crippen MR) is 181 cm³/mol. The lowest BCUT2D eigenvalue weighted by Gasteiger charge is -2.33. The number of H-pyrrole nitrogens is 3. The summed E-state index contributed by atoms with van der Waals surface area (Å²) in [7, 11) is -0.430. The molecule has 0 bridgehead atoms. The molecule has 6 aromatic heterocycles. The van der Waals surface area contributed by atoms with Gasteiger partial charge in [-0.05, 0) is 57.4 Å². The number of hydrogen-bond donors (Lipinski definition) is 6. The van der Waals surface area contributed by atoms with Crippen molar-refractivity contribution in [3.63, 3.8) is 0 Å². The molecule has 2 aliphatic heterocycles. The van der Waals surface area contributed by atoms with E-state index in [1.54, 1.807) is 38.1 Å². The molecule has 0 spiro atoms. The lowest BCUT2D eigenvalue weighted by molar-refractivity contribution is 0.395. The maximum atomic E-state index is 9.26. The van der Waals surface area contributed by atoms with E-state index in [1.807, 2.05) is 0 Å².